The van der Waals surface area contributed by atoms with E-state index in [0.29, 0.717) is 44.0 Å². The molecule has 2 aromatic rings. The molecule has 5 nitrogen and oxygen atoms in total. The normalized spacial score (nSPS) is 18.0. The van der Waals surface area contributed by atoms with Crippen LogP contribution in [0.15, 0.2) is 36.4 Å². The van der Waals surface area contributed by atoms with Crippen LogP contribution in [0.1, 0.15) is 28.8 Å². The first-order chi connectivity index (χ1) is 13.0. The molecule has 1 amide bonds. The summed E-state index contributed by atoms with van der Waals surface area (Å²) >= 11 is 0. The molecule has 2 heterocycles. The highest BCUT2D eigenvalue weighted by atomic mass is 19.2. The van der Waals surface area contributed by atoms with Crippen molar-refractivity contribution in [3.8, 4) is 11.5 Å². The van der Waals surface area contributed by atoms with Crippen molar-refractivity contribution in [2.75, 3.05) is 20.2 Å². The highest BCUT2D eigenvalue weighted by molar-refractivity contribution is 5.94. The van der Waals surface area contributed by atoms with Gasteiger partial charge >= 0.3 is 0 Å². The number of nitrogens with zero attached hydrogens (tertiary/aromatic N) is 1. The molecule has 2 aliphatic rings. The maximum absolute atomic E-state index is 13.4. The van der Waals surface area contributed by atoms with Crippen molar-refractivity contribution in [3.05, 3.63) is 59.2 Å². The zero-order valence-corrected chi connectivity index (χ0v) is 14.8. The van der Waals surface area contributed by atoms with Gasteiger partial charge in [0.15, 0.2) is 23.1 Å². The Kier molecular flexibility index (Phi) is 4.47. The summed E-state index contributed by atoms with van der Waals surface area (Å²) in [5.41, 5.74) is 1.04. The van der Waals surface area contributed by atoms with Crippen LogP contribution in [0.2, 0.25) is 0 Å². The number of piperidine rings is 1. The van der Waals surface area contributed by atoms with Crippen LogP contribution < -0.4 is 9.47 Å². The molecule has 0 atom stereocenters. The molecule has 0 bridgehead atoms. The van der Waals surface area contributed by atoms with E-state index in [0.717, 1.165) is 17.7 Å². The van der Waals surface area contributed by atoms with Gasteiger partial charge in [0.05, 0.1) is 13.7 Å². The lowest BCUT2D eigenvalue weighted by atomic mass is 10.00. The Morgan fingerprint density at radius 2 is 1.93 bits per heavy atom. The first-order valence-electron chi connectivity index (χ1n) is 8.74. The van der Waals surface area contributed by atoms with E-state index in [9.17, 15) is 13.6 Å². The van der Waals surface area contributed by atoms with Crippen LogP contribution in [0, 0.1) is 11.6 Å². The molecular weight excluding hydrogens is 356 g/mol. The number of fused-ring (bicyclic) bond motifs is 1. The fourth-order valence-corrected chi connectivity index (χ4v) is 3.48. The van der Waals surface area contributed by atoms with Crippen LogP contribution in [0.3, 0.4) is 0 Å². The topological polar surface area (TPSA) is 48.0 Å². The fraction of sp³-hybridized carbons (Fsp3) is 0.350. The molecule has 7 heteroatoms. The van der Waals surface area contributed by atoms with Crippen molar-refractivity contribution < 1.29 is 27.8 Å². The highest BCUT2D eigenvalue weighted by Gasteiger charge is 2.42. The van der Waals surface area contributed by atoms with Gasteiger partial charge in [-0.1, -0.05) is 12.1 Å². The van der Waals surface area contributed by atoms with Crippen molar-refractivity contribution in [2.45, 2.75) is 25.2 Å². The maximum Gasteiger partial charge on any atom is 0.253 e. The Balaban J connectivity index is 1.47. The molecule has 4 rings (SSSR count). The Morgan fingerprint density at radius 3 is 2.63 bits per heavy atom. The second-order valence-electron chi connectivity index (χ2n) is 6.67. The third-order valence-electron chi connectivity index (χ3n) is 5.04. The minimum Gasteiger partial charge on any atom is -0.493 e. The second kappa shape index (κ2) is 6.81. The molecule has 2 aromatic carbocycles. The predicted molar refractivity (Wildman–Crippen MR) is 92.6 cm³/mol. The fourth-order valence-electron chi connectivity index (χ4n) is 3.48. The number of hydrogen-bond donors (Lipinski definition) is 0. The third-order valence-corrected chi connectivity index (χ3v) is 5.04. The van der Waals surface area contributed by atoms with E-state index in [2.05, 4.69) is 0 Å². The number of halogens is 2. The van der Waals surface area contributed by atoms with Crippen LogP contribution in [-0.2, 0) is 11.3 Å². The number of benzene rings is 2. The van der Waals surface area contributed by atoms with E-state index in [1.165, 1.54) is 6.07 Å². The molecule has 142 valence electrons. The number of amides is 1. The number of carbonyl (C=O) groups excluding carboxylic acids is 1. The number of methoxy groups -OCH3 is 1. The Hall–Kier alpha value is -2.67. The summed E-state index contributed by atoms with van der Waals surface area (Å²) in [5.74, 6) is -1.83. The van der Waals surface area contributed by atoms with Gasteiger partial charge in [-0.3, -0.25) is 4.79 Å². The summed E-state index contributed by atoms with van der Waals surface area (Å²) in [4.78, 5) is 14.2. The lowest BCUT2D eigenvalue weighted by molar-refractivity contribution is -0.226. The van der Waals surface area contributed by atoms with E-state index < -0.39 is 17.4 Å². The van der Waals surface area contributed by atoms with Gasteiger partial charge in [-0.05, 0) is 24.3 Å². The zero-order valence-electron chi connectivity index (χ0n) is 14.8. The molecule has 1 saturated heterocycles. The lowest BCUT2D eigenvalue weighted by Crippen LogP contribution is -2.52. The van der Waals surface area contributed by atoms with Gasteiger partial charge < -0.3 is 19.1 Å². The van der Waals surface area contributed by atoms with Crippen molar-refractivity contribution >= 4 is 5.91 Å². The van der Waals surface area contributed by atoms with E-state index in [1.54, 1.807) is 12.0 Å². The van der Waals surface area contributed by atoms with Gasteiger partial charge in [0.2, 0.25) is 5.79 Å². The molecule has 0 aliphatic carbocycles. The Labute approximate surface area is 155 Å². The van der Waals surface area contributed by atoms with Gasteiger partial charge in [0, 0.05) is 37.1 Å². The van der Waals surface area contributed by atoms with Gasteiger partial charge in [-0.15, -0.1) is 0 Å². The van der Waals surface area contributed by atoms with E-state index in [1.807, 2.05) is 18.2 Å². The molecule has 0 unspecified atom stereocenters. The van der Waals surface area contributed by atoms with Gasteiger partial charge in [0.25, 0.3) is 5.91 Å². The maximum atomic E-state index is 13.4. The van der Waals surface area contributed by atoms with Gasteiger partial charge in [0.1, 0.15) is 0 Å². The lowest BCUT2D eigenvalue weighted by Gasteiger charge is -2.44. The molecule has 0 saturated carbocycles. The molecule has 1 fully saturated rings. The minimum absolute atomic E-state index is 0.127. The molecular formula is C20H19F2NO4. The minimum atomic E-state index is -1.03. The number of carbonyl (C=O) groups is 1. The van der Waals surface area contributed by atoms with Crippen LogP contribution in [0.5, 0.6) is 11.5 Å². The van der Waals surface area contributed by atoms with Crippen molar-refractivity contribution in [1.82, 2.24) is 4.90 Å². The van der Waals surface area contributed by atoms with Gasteiger partial charge in [-0.25, -0.2) is 8.78 Å². The predicted octanol–water partition coefficient (Wildman–Crippen LogP) is 3.51. The monoisotopic (exact) mass is 375 g/mol. The van der Waals surface area contributed by atoms with Crippen molar-refractivity contribution in [1.29, 1.82) is 0 Å². The summed E-state index contributed by atoms with van der Waals surface area (Å²) in [5, 5.41) is 0. The largest absolute Gasteiger partial charge is 0.493 e. The Morgan fingerprint density at radius 1 is 1.15 bits per heavy atom. The smallest absolute Gasteiger partial charge is 0.253 e. The highest BCUT2D eigenvalue weighted by Crippen LogP contribution is 2.42. The molecule has 0 aromatic heterocycles. The first-order valence-corrected chi connectivity index (χ1v) is 8.74. The van der Waals surface area contributed by atoms with E-state index in [4.69, 9.17) is 14.2 Å². The molecule has 27 heavy (non-hydrogen) atoms. The second-order valence-corrected chi connectivity index (χ2v) is 6.67. The summed E-state index contributed by atoms with van der Waals surface area (Å²) in [7, 11) is 1.59. The number of likely N-dealkylation sites (tertiary alicyclic amines) is 1. The molecule has 1 spiro atoms. The van der Waals surface area contributed by atoms with Crippen LogP contribution in [0.25, 0.3) is 0 Å². The van der Waals surface area contributed by atoms with E-state index in [-0.39, 0.29) is 11.5 Å². The van der Waals surface area contributed by atoms with Crippen LogP contribution in [0.4, 0.5) is 8.78 Å². The van der Waals surface area contributed by atoms with Crippen LogP contribution >= 0.6 is 0 Å². The number of ether oxygens (including phenoxy) is 3. The van der Waals surface area contributed by atoms with Crippen molar-refractivity contribution in [3.63, 3.8) is 0 Å². The van der Waals surface area contributed by atoms with Gasteiger partial charge in [-0.2, -0.15) is 0 Å². The average molecular weight is 375 g/mol. The average Bonchev–Trinajstić information content (AvgIpc) is 2.69. The number of hydrogen-bond acceptors (Lipinski definition) is 4. The van der Waals surface area contributed by atoms with Crippen molar-refractivity contribution in [2.24, 2.45) is 0 Å². The van der Waals surface area contributed by atoms with E-state index >= 15 is 0 Å². The molecule has 2 aliphatic heterocycles. The summed E-state index contributed by atoms with van der Waals surface area (Å²) in [6.07, 6.45) is 0.944. The SMILES string of the molecule is COc1cccc2c1OC1(CCN(C(=O)c3ccc(F)c(F)c3)CC1)OC2. The standard InChI is InChI=1S/C20H19F2NO4/c1-25-17-4-2-3-14-12-26-20(27-18(14)17)7-9-23(10-8-20)19(24)13-5-6-15(21)16(22)11-13/h2-6,11H,7-10,12H2,1H3. The molecule has 0 radical (unpaired) electrons. The third kappa shape index (κ3) is 3.23. The molecule has 0 N–H and O–H groups in total. The van der Waals surface area contributed by atoms with Crippen LogP contribution in [-0.4, -0.2) is 36.8 Å². The number of rotatable bonds is 2. The Bertz CT molecular complexity index is 864. The quantitative estimate of drug-likeness (QED) is 0.806. The number of para-hydroxylation sites is 1. The summed E-state index contributed by atoms with van der Waals surface area (Å²) in [6.45, 7) is 1.19. The first kappa shape index (κ1) is 17.7. The summed E-state index contributed by atoms with van der Waals surface area (Å²) in [6, 6.07) is 8.82. The zero-order chi connectivity index (χ0) is 19.0. The summed E-state index contributed by atoms with van der Waals surface area (Å²) < 4.78 is 44.0.